The summed E-state index contributed by atoms with van der Waals surface area (Å²) in [6.45, 7) is 5.84. The van der Waals surface area contributed by atoms with Crippen molar-refractivity contribution in [3.8, 4) is 0 Å². The Kier molecular flexibility index (Phi) is 3.50. The maximum absolute atomic E-state index is 5.94. The number of halogens is 1. The molecule has 0 bridgehead atoms. The standard InChI is InChI=1S/C9H12BrNS/c1-6(2)5-7(11)8-3-4-9(10)12-8/h3-4,7H,1,5,11H2,2H3/t7-/m1/s1. The van der Waals surface area contributed by atoms with E-state index >= 15 is 0 Å². The van der Waals surface area contributed by atoms with Crippen molar-refractivity contribution in [2.75, 3.05) is 0 Å². The summed E-state index contributed by atoms with van der Waals surface area (Å²) in [6.07, 6.45) is 0.868. The number of thiophene rings is 1. The van der Waals surface area contributed by atoms with Crippen LogP contribution in [-0.4, -0.2) is 0 Å². The first kappa shape index (κ1) is 9.96. The summed E-state index contributed by atoms with van der Waals surface area (Å²) in [7, 11) is 0. The summed E-state index contributed by atoms with van der Waals surface area (Å²) in [5.74, 6) is 0. The van der Waals surface area contributed by atoms with Crippen molar-refractivity contribution in [1.29, 1.82) is 0 Å². The van der Waals surface area contributed by atoms with E-state index in [2.05, 4.69) is 28.6 Å². The molecule has 0 unspecified atom stereocenters. The predicted molar refractivity (Wildman–Crippen MR) is 58.4 cm³/mol. The molecule has 3 heteroatoms. The number of hydrogen-bond donors (Lipinski definition) is 1. The van der Waals surface area contributed by atoms with Gasteiger partial charge in [0.1, 0.15) is 0 Å². The van der Waals surface area contributed by atoms with Crippen molar-refractivity contribution in [2.24, 2.45) is 5.73 Å². The summed E-state index contributed by atoms with van der Waals surface area (Å²) in [5.41, 5.74) is 7.07. The lowest BCUT2D eigenvalue weighted by molar-refractivity contribution is 0.731. The summed E-state index contributed by atoms with van der Waals surface area (Å²) in [6, 6.07) is 4.19. The number of nitrogens with two attached hydrogens (primary N) is 1. The average molecular weight is 246 g/mol. The fraction of sp³-hybridized carbons (Fsp3) is 0.333. The zero-order valence-electron chi connectivity index (χ0n) is 7.01. The lowest BCUT2D eigenvalue weighted by Crippen LogP contribution is -2.08. The normalized spacial score (nSPS) is 12.9. The monoisotopic (exact) mass is 245 g/mol. The third-order valence-electron chi connectivity index (χ3n) is 1.53. The van der Waals surface area contributed by atoms with Crippen LogP contribution in [0.25, 0.3) is 0 Å². The van der Waals surface area contributed by atoms with Gasteiger partial charge in [-0.15, -0.1) is 17.9 Å². The third kappa shape index (κ3) is 2.73. The molecule has 1 rings (SSSR count). The van der Waals surface area contributed by atoms with Crippen molar-refractivity contribution < 1.29 is 0 Å². The third-order valence-corrected chi connectivity index (χ3v) is 3.28. The molecule has 0 saturated carbocycles. The van der Waals surface area contributed by atoms with Gasteiger partial charge in [-0.1, -0.05) is 5.57 Å². The fourth-order valence-corrected chi connectivity index (χ4v) is 2.43. The molecule has 0 saturated heterocycles. The van der Waals surface area contributed by atoms with Gasteiger partial charge in [-0.2, -0.15) is 0 Å². The molecule has 1 heterocycles. The lowest BCUT2D eigenvalue weighted by atomic mass is 10.1. The van der Waals surface area contributed by atoms with E-state index in [4.69, 9.17) is 5.73 Å². The van der Waals surface area contributed by atoms with Crippen LogP contribution in [0.4, 0.5) is 0 Å². The van der Waals surface area contributed by atoms with Gasteiger partial charge >= 0.3 is 0 Å². The molecule has 1 aromatic heterocycles. The fourth-order valence-electron chi connectivity index (χ4n) is 1.00. The minimum absolute atomic E-state index is 0.110. The predicted octanol–water partition coefficient (Wildman–Crippen LogP) is 3.48. The van der Waals surface area contributed by atoms with E-state index in [0.717, 1.165) is 15.8 Å². The smallest absolute Gasteiger partial charge is 0.0701 e. The van der Waals surface area contributed by atoms with Crippen LogP contribution in [0.15, 0.2) is 28.1 Å². The first-order valence-electron chi connectivity index (χ1n) is 3.75. The van der Waals surface area contributed by atoms with Gasteiger partial charge in [-0.25, -0.2) is 0 Å². The van der Waals surface area contributed by atoms with Gasteiger partial charge in [0, 0.05) is 10.9 Å². The highest BCUT2D eigenvalue weighted by atomic mass is 79.9. The SMILES string of the molecule is C=C(C)C[C@@H](N)c1ccc(Br)s1. The van der Waals surface area contributed by atoms with Crippen molar-refractivity contribution in [1.82, 2.24) is 0 Å². The van der Waals surface area contributed by atoms with Gasteiger partial charge in [0.15, 0.2) is 0 Å². The van der Waals surface area contributed by atoms with Gasteiger partial charge in [-0.05, 0) is 41.4 Å². The van der Waals surface area contributed by atoms with Gasteiger partial charge in [0.25, 0.3) is 0 Å². The summed E-state index contributed by atoms with van der Waals surface area (Å²) in [4.78, 5) is 1.21. The minimum atomic E-state index is 0.110. The van der Waals surface area contributed by atoms with E-state index in [1.54, 1.807) is 11.3 Å². The van der Waals surface area contributed by atoms with Crippen LogP contribution in [0.3, 0.4) is 0 Å². The van der Waals surface area contributed by atoms with Gasteiger partial charge in [-0.3, -0.25) is 0 Å². The maximum atomic E-state index is 5.94. The van der Waals surface area contributed by atoms with Crippen molar-refractivity contribution in [2.45, 2.75) is 19.4 Å². The molecule has 0 spiro atoms. The Balaban J connectivity index is 2.64. The molecule has 12 heavy (non-hydrogen) atoms. The molecule has 0 aromatic carbocycles. The molecule has 0 amide bonds. The van der Waals surface area contributed by atoms with Crippen LogP contribution in [0, 0.1) is 0 Å². The van der Waals surface area contributed by atoms with E-state index in [1.165, 1.54) is 4.88 Å². The molecule has 1 aromatic rings. The largest absolute Gasteiger partial charge is 0.323 e. The Bertz CT molecular complexity index is 280. The molecule has 0 aliphatic rings. The van der Waals surface area contributed by atoms with Gasteiger partial charge < -0.3 is 5.73 Å². The Labute approximate surface area is 85.4 Å². The Morgan fingerprint density at radius 3 is 2.83 bits per heavy atom. The Hall–Kier alpha value is -0.120. The highest BCUT2D eigenvalue weighted by molar-refractivity contribution is 9.11. The van der Waals surface area contributed by atoms with Crippen molar-refractivity contribution >= 4 is 27.3 Å². The van der Waals surface area contributed by atoms with Crippen LogP contribution in [0.5, 0.6) is 0 Å². The van der Waals surface area contributed by atoms with E-state index in [0.29, 0.717) is 0 Å². The second-order valence-corrected chi connectivity index (χ2v) is 5.40. The first-order valence-corrected chi connectivity index (χ1v) is 5.35. The molecular weight excluding hydrogens is 234 g/mol. The quantitative estimate of drug-likeness (QED) is 0.812. The van der Waals surface area contributed by atoms with Gasteiger partial charge in [0.05, 0.1) is 3.79 Å². The average Bonchev–Trinajstić information content (AvgIpc) is 2.34. The van der Waals surface area contributed by atoms with Crippen molar-refractivity contribution in [3.05, 3.63) is 32.9 Å². The van der Waals surface area contributed by atoms with Crippen LogP contribution in [-0.2, 0) is 0 Å². The van der Waals surface area contributed by atoms with E-state index in [1.807, 2.05) is 13.0 Å². The second kappa shape index (κ2) is 4.21. The van der Waals surface area contributed by atoms with Crippen molar-refractivity contribution in [3.63, 3.8) is 0 Å². The van der Waals surface area contributed by atoms with Crippen LogP contribution >= 0.6 is 27.3 Å². The highest BCUT2D eigenvalue weighted by Gasteiger charge is 2.07. The number of rotatable bonds is 3. The van der Waals surface area contributed by atoms with E-state index in [-0.39, 0.29) is 6.04 Å². The van der Waals surface area contributed by atoms with E-state index in [9.17, 15) is 0 Å². The van der Waals surface area contributed by atoms with Crippen LogP contribution in [0.2, 0.25) is 0 Å². The topological polar surface area (TPSA) is 26.0 Å². The van der Waals surface area contributed by atoms with Crippen LogP contribution < -0.4 is 5.73 Å². The molecular formula is C9H12BrNS. The minimum Gasteiger partial charge on any atom is -0.323 e. The maximum Gasteiger partial charge on any atom is 0.0701 e. The molecule has 1 atom stereocenters. The molecule has 0 radical (unpaired) electrons. The molecule has 1 nitrogen and oxygen atoms in total. The molecule has 0 aliphatic carbocycles. The summed E-state index contributed by atoms with van der Waals surface area (Å²) < 4.78 is 1.13. The first-order chi connectivity index (χ1) is 5.59. The summed E-state index contributed by atoms with van der Waals surface area (Å²) >= 11 is 5.10. The number of hydrogen-bond acceptors (Lipinski definition) is 2. The molecule has 0 aliphatic heterocycles. The Morgan fingerprint density at radius 1 is 1.75 bits per heavy atom. The highest BCUT2D eigenvalue weighted by Crippen LogP contribution is 2.28. The second-order valence-electron chi connectivity index (χ2n) is 2.91. The lowest BCUT2D eigenvalue weighted by Gasteiger charge is -2.07. The molecule has 2 N–H and O–H groups in total. The molecule has 0 fully saturated rings. The van der Waals surface area contributed by atoms with Crippen LogP contribution in [0.1, 0.15) is 24.3 Å². The summed E-state index contributed by atoms with van der Waals surface area (Å²) in [5, 5.41) is 0. The van der Waals surface area contributed by atoms with Gasteiger partial charge in [0.2, 0.25) is 0 Å². The zero-order chi connectivity index (χ0) is 9.14. The van der Waals surface area contributed by atoms with E-state index < -0.39 is 0 Å². The Morgan fingerprint density at radius 2 is 2.42 bits per heavy atom. The molecule has 66 valence electrons. The zero-order valence-corrected chi connectivity index (χ0v) is 9.41.